The molecule has 0 amide bonds. The zero-order valence-corrected chi connectivity index (χ0v) is 23.2. The Morgan fingerprint density at radius 3 is 1.44 bits per heavy atom. The van der Waals surface area contributed by atoms with E-state index < -0.39 is 0 Å². The van der Waals surface area contributed by atoms with Crippen molar-refractivity contribution in [1.29, 1.82) is 0 Å². The molecule has 194 valence electrons. The van der Waals surface area contributed by atoms with Crippen molar-refractivity contribution in [3.8, 4) is 22.3 Å². The summed E-state index contributed by atoms with van der Waals surface area (Å²) >= 11 is 0. The van der Waals surface area contributed by atoms with Crippen LogP contribution in [0.15, 0.2) is 72.8 Å². The van der Waals surface area contributed by atoms with Gasteiger partial charge in [-0.2, -0.15) is 0 Å². The van der Waals surface area contributed by atoms with Gasteiger partial charge in [-0.1, -0.05) is 164 Å². The van der Waals surface area contributed by atoms with Gasteiger partial charge in [0.2, 0.25) is 0 Å². The Balaban J connectivity index is 1.82. The smallest absolute Gasteiger partial charge is 0.00706 e. The molecule has 3 aromatic rings. The number of unbranched alkanes of at least 4 members (excludes halogenated alkanes) is 12. The highest BCUT2D eigenvalue weighted by atomic mass is 14.2. The molecule has 0 saturated carbocycles. The van der Waals surface area contributed by atoms with Gasteiger partial charge in [0.15, 0.2) is 0 Å². The first-order valence-electron chi connectivity index (χ1n) is 15.1. The molecular formula is C36H50. The van der Waals surface area contributed by atoms with Gasteiger partial charge in [0.1, 0.15) is 0 Å². The second kappa shape index (κ2) is 17.2. The Kier molecular flexibility index (Phi) is 13.5. The van der Waals surface area contributed by atoms with E-state index >= 15 is 0 Å². The van der Waals surface area contributed by atoms with Crippen molar-refractivity contribution in [3.63, 3.8) is 0 Å². The molecule has 0 aliphatic carbocycles. The van der Waals surface area contributed by atoms with E-state index in [2.05, 4.69) is 86.6 Å². The average Bonchev–Trinajstić information content (AvgIpc) is 2.93. The summed E-state index contributed by atoms with van der Waals surface area (Å²) in [5.41, 5.74) is 8.78. The molecule has 0 radical (unpaired) electrons. The van der Waals surface area contributed by atoms with Gasteiger partial charge in [0, 0.05) is 0 Å². The van der Waals surface area contributed by atoms with Crippen molar-refractivity contribution in [2.45, 2.75) is 117 Å². The highest BCUT2D eigenvalue weighted by molar-refractivity contribution is 5.86. The first-order chi connectivity index (χ1) is 17.8. The van der Waals surface area contributed by atoms with E-state index in [1.54, 1.807) is 11.1 Å². The van der Waals surface area contributed by atoms with Crippen LogP contribution in [0.2, 0.25) is 0 Å². The maximum Gasteiger partial charge on any atom is -0.00706 e. The summed E-state index contributed by atoms with van der Waals surface area (Å²) in [6.07, 6.45) is 21.6. The molecule has 3 aromatic carbocycles. The van der Waals surface area contributed by atoms with Gasteiger partial charge in [-0.25, -0.2) is 0 Å². The number of hydrogen-bond acceptors (Lipinski definition) is 0. The molecule has 0 fully saturated rings. The number of benzene rings is 3. The summed E-state index contributed by atoms with van der Waals surface area (Å²) in [6.45, 7) is 4.60. The Morgan fingerprint density at radius 2 is 0.889 bits per heavy atom. The molecule has 0 aliphatic rings. The van der Waals surface area contributed by atoms with Crippen LogP contribution >= 0.6 is 0 Å². The van der Waals surface area contributed by atoms with Crippen LogP contribution in [0.3, 0.4) is 0 Å². The summed E-state index contributed by atoms with van der Waals surface area (Å²) < 4.78 is 0. The summed E-state index contributed by atoms with van der Waals surface area (Å²) in [4.78, 5) is 0. The lowest BCUT2D eigenvalue weighted by atomic mass is 9.84. The summed E-state index contributed by atoms with van der Waals surface area (Å²) in [5, 5.41) is 0. The van der Waals surface area contributed by atoms with E-state index in [9.17, 15) is 0 Å². The van der Waals surface area contributed by atoms with Crippen LogP contribution < -0.4 is 0 Å². The minimum Gasteiger partial charge on any atom is -0.0654 e. The van der Waals surface area contributed by atoms with Crippen molar-refractivity contribution in [2.75, 3.05) is 0 Å². The van der Waals surface area contributed by atoms with Crippen molar-refractivity contribution < 1.29 is 0 Å². The normalized spacial score (nSPS) is 11.2. The lowest BCUT2D eigenvalue weighted by Gasteiger charge is -2.20. The van der Waals surface area contributed by atoms with Gasteiger partial charge in [0.05, 0.1) is 0 Å². The fourth-order valence-corrected chi connectivity index (χ4v) is 5.54. The summed E-state index contributed by atoms with van der Waals surface area (Å²) in [6, 6.07) is 27.1. The van der Waals surface area contributed by atoms with Crippen LogP contribution in [0.4, 0.5) is 0 Å². The molecule has 0 aliphatic heterocycles. The second-order valence-electron chi connectivity index (χ2n) is 10.6. The largest absolute Gasteiger partial charge is 0.0654 e. The first-order valence-corrected chi connectivity index (χ1v) is 15.1. The Labute approximate surface area is 222 Å². The van der Waals surface area contributed by atoms with Gasteiger partial charge in [-0.3, -0.25) is 0 Å². The molecular weight excluding hydrogens is 432 g/mol. The summed E-state index contributed by atoms with van der Waals surface area (Å²) in [7, 11) is 0. The van der Waals surface area contributed by atoms with Crippen LogP contribution in [-0.4, -0.2) is 0 Å². The fraction of sp³-hybridized carbons (Fsp3) is 0.500. The molecule has 0 heterocycles. The fourth-order valence-electron chi connectivity index (χ4n) is 5.54. The third kappa shape index (κ3) is 9.27. The zero-order chi connectivity index (χ0) is 25.3. The van der Waals surface area contributed by atoms with E-state index in [1.165, 1.54) is 125 Å². The van der Waals surface area contributed by atoms with E-state index in [0.717, 1.165) is 0 Å². The molecule has 0 unspecified atom stereocenters. The van der Waals surface area contributed by atoms with Crippen LogP contribution in [0.25, 0.3) is 22.3 Å². The molecule has 0 aromatic heterocycles. The van der Waals surface area contributed by atoms with Gasteiger partial charge in [-0.15, -0.1) is 0 Å². The van der Waals surface area contributed by atoms with Gasteiger partial charge in [-0.05, 0) is 59.1 Å². The number of rotatable bonds is 18. The third-order valence-electron chi connectivity index (χ3n) is 7.64. The molecule has 0 N–H and O–H groups in total. The second-order valence-corrected chi connectivity index (χ2v) is 10.6. The van der Waals surface area contributed by atoms with Gasteiger partial charge < -0.3 is 0 Å². The van der Waals surface area contributed by atoms with Gasteiger partial charge in [0.25, 0.3) is 0 Å². The van der Waals surface area contributed by atoms with Crippen molar-refractivity contribution >= 4 is 0 Å². The third-order valence-corrected chi connectivity index (χ3v) is 7.64. The van der Waals surface area contributed by atoms with Crippen LogP contribution in [-0.2, 0) is 12.8 Å². The SMILES string of the molecule is CCCCCCCCCc1ccc(-c2ccccc2)c(-c2ccccc2)c1CCCCCCCCC. The molecule has 36 heavy (non-hydrogen) atoms. The van der Waals surface area contributed by atoms with Crippen molar-refractivity contribution in [1.82, 2.24) is 0 Å². The van der Waals surface area contributed by atoms with E-state index in [-0.39, 0.29) is 0 Å². The predicted molar refractivity (Wildman–Crippen MR) is 161 cm³/mol. The molecule has 0 nitrogen and oxygen atoms in total. The molecule has 0 spiro atoms. The highest BCUT2D eigenvalue weighted by Crippen LogP contribution is 2.38. The molecule has 0 saturated heterocycles. The number of hydrogen-bond donors (Lipinski definition) is 0. The quantitative estimate of drug-likeness (QED) is 0.158. The van der Waals surface area contributed by atoms with E-state index in [4.69, 9.17) is 0 Å². The minimum absolute atomic E-state index is 1.20. The van der Waals surface area contributed by atoms with E-state index in [1.807, 2.05) is 0 Å². The Bertz CT molecular complexity index is 954. The zero-order valence-electron chi connectivity index (χ0n) is 23.2. The monoisotopic (exact) mass is 482 g/mol. The average molecular weight is 483 g/mol. The van der Waals surface area contributed by atoms with E-state index in [0.29, 0.717) is 0 Å². The Hall–Kier alpha value is -2.34. The maximum absolute atomic E-state index is 2.46. The number of aryl methyl sites for hydroxylation is 1. The van der Waals surface area contributed by atoms with Gasteiger partial charge >= 0.3 is 0 Å². The predicted octanol–water partition coefficient (Wildman–Crippen LogP) is 11.6. The lowest BCUT2D eigenvalue weighted by Crippen LogP contribution is -2.01. The standard InChI is InChI=1S/C36H50/c1-3-5-7-9-11-13-17-25-32-29-30-35(31-23-18-15-19-24-31)36(33-26-20-16-21-27-33)34(32)28-22-14-12-10-8-6-4-2/h15-16,18-21,23-24,26-27,29-30H,3-14,17,22,25,28H2,1-2H3. The minimum atomic E-state index is 1.20. The Morgan fingerprint density at radius 1 is 0.417 bits per heavy atom. The molecule has 0 heteroatoms. The topological polar surface area (TPSA) is 0 Å². The maximum atomic E-state index is 2.46. The van der Waals surface area contributed by atoms with Crippen LogP contribution in [0, 0.1) is 0 Å². The van der Waals surface area contributed by atoms with Crippen molar-refractivity contribution in [3.05, 3.63) is 83.9 Å². The first kappa shape index (κ1) is 28.2. The molecule has 0 bridgehead atoms. The highest BCUT2D eigenvalue weighted by Gasteiger charge is 2.16. The van der Waals surface area contributed by atoms with Crippen LogP contribution in [0.1, 0.15) is 115 Å². The lowest BCUT2D eigenvalue weighted by molar-refractivity contribution is 0.583. The molecule has 3 rings (SSSR count). The summed E-state index contributed by atoms with van der Waals surface area (Å²) in [5.74, 6) is 0. The molecule has 0 atom stereocenters. The van der Waals surface area contributed by atoms with Crippen molar-refractivity contribution in [2.24, 2.45) is 0 Å². The van der Waals surface area contributed by atoms with Crippen LogP contribution in [0.5, 0.6) is 0 Å².